The van der Waals surface area contributed by atoms with E-state index in [2.05, 4.69) is 10.3 Å². The van der Waals surface area contributed by atoms with Crippen molar-refractivity contribution in [1.82, 2.24) is 9.38 Å². The van der Waals surface area contributed by atoms with E-state index in [-0.39, 0.29) is 34.8 Å². The van der Waals surface area contributed by atoms with Crippen LogP contribution in [0.1, 0.15) is 27.2 Å². The molecule has 0 bridgehead atoms. The molecule has 3 rings (SSSR count). The van der Waals surface area contributed by atoms with Crippen molar-refractivity contribution < 1.29 is 18.0 Å². The summed E-state index contributed by atoms with van der Waals surface area (Å²) in [4.78, 5) is 16.6. The number of carbonyl (C=O) groups excluding carboxylic acids is 1. The molecule has 1 amide bonds. The van der Waals surface area contributed by atoms with Gasteiger partial charge in [-0.15, -0.1) is 0 Å². The normalized spacial score (nSPS) is 11.8. The molecule has 0 atom stereocenters. The minimum atomic E-state index is -0.779. The Bertz CT molecular complexity index is 969. The van der Waals surface area contributed by atoms with Gasteiger partial charge < -0.3 is 5.32 Å². The van der Waals surface area contributed by atoms with E-state index in [4.69, 9.17) is 0 Å². The van der Waals surface area contributed by atoms with Gasteiger partial charge >= 0.3 is 0 Å². The summed E-state index contributed by atoms with van der Waals surface area (Å²) >= 11 is 0. The minimum Gasteiger partial charge on any atom is -0.309 e. The average molecular weight is 361 g/mol. The lowest BCUT2D eigenvalue weighted by molar-refractivity contribution is -0.117. The number of halogens is 3. The van der Waals surface area contributed by atoms with Gasteiger partial charge in [0, 0.05) is 24.2 Å². The quantitative estimate of drug-likeness (QED) is 0.729. The third-order valence-corrected chi connectivity index (χ3v) is 3.67. The molecular weight excluding hydrogens is 343 g/mol. The van der Waals surface area contributed by atoms with Crippen LogP contribution in [-0.4, -0.2) is 15.3 Å². The fourth-order valence-corrected chi connectivity index (χ4v) is 2.73. The number of anilines is 1. The minimum absolute atomic E-state index is 0.120. The Labute approximate surface area is 148 Å². The number of fused-ring (bicyclic) bond motifs is 1. The second-order valence-corrected chi connectivity index (χ2v) is 7.33. The number of benzene rings is 1. The molecule has 0 fully saturated rings. The van der Waals surface area contributed by atoms with Gasteiger partial charge in [-0.25, -0.2) is 18.2 Å². The number of amides is 1. The Morgan fingerprint density at radius 3 is 2.35 bits per heavy atom. The molecular formula is C19H18F3N3O. The van der Waals surface area contributed by atoms with Gasteiger partial charge in [0.15, 0.2) is 5.82 Å². The average Bonchev–Trinajstić information content (AvgIpc) is 2.80. The molecule has 26 heavy (non-hydrogen) atoms. The van der Waals surface area contributed by atoms with Crippen molar-refractivity contribution in [2.24, 2.45) is 5.41 Å². The first-order valence-electron chi connectivity index (χ1n) is 8.06. The van der Waals surface area contributed by atoms with Crippen LogP contribution in [0.25, 0.3) is 16.9 Å². The Morgan fingerprint density at radius 2 is 1.73 bits per heavy atom. The molecule has 0 unspecified atom stereocenters. The van der Waals surface area contributed by atoms with Gasteiger partial charge in [-0.2, -0.15) is 0 Å². The Balaban J connectivity index is 2.15. The van der Waals surface area contributed by atoms with Crippen LogP contribution in [0.2, 0.25) is 0 Å². The van der Waals surface area contributed by atoms with Gasteiger partial charge in [-0.3, -0.25) is 9.20 Å². The Morgan fingerprint density at radius 1 is 1.08 bits per heavy atom. The van der Waals surface area contributed by atoms with Crippen molar-refractivity contribution in [3.05, 3.63) is 54.0 Å². The number of carbonyl (C=O) groups is 1. The van der Waals surface area contributed by atoms with Gasteiger partial charge in [0.05, 0.1) is 5.69 Å². The van der Waals surface area contributed by atoms with E-state index in [1.807, 2.05) is 20.8 Å². The number of hydrogen-bond acceptors (Lipinski definition) is 2. The van der Waals surface area contributed by atoms with Crippen molar-refractivity contribution in [3.63, 3.8) is 0 Å². The highest BCUT2D eigenvalue weighted by molar-refractivity contribution is 5.94. The van der Waals surface area contributed by atoms with Gasteiger partial charge in [-0.05, 0) is 29.7 Å². The molecule has 0 radical (unpaired) electrons. The number of rotatable bonds is 3. The van der Waals surface area contributed by atoms with Crippen LogP contribution in [0.3, 0.4) is 0 Å². The van der Waals surface area contributed by atoms with Crippen molar-refractivity contribution in [1.29, 1.82) is 0 Å². The predicted octanol–water partition coefficient (Wildman–Crippen LogP) is 4.79. The smallest absolute Gasteiger partial charge is 0.226 e. The van der Waals surface area contributed by atoms with Crippen molar-refractivity contribution in [3.8, 4) is 11.3 Å². The molecule has 1 aromatic carbocycles. The third kappa shape index (κ3) is 3.87. The van der Waals surface area contributed by atoms with Crippen LogP contribution in [-0.2, 0) is 4.79 Å². The first-order valence-corrected chi connectivity index (χ1v) is 8.06. The fraction of sp³-hybridized carbons (Fsp3) is 0.263. The molecule has 0 saturated heterocycles. The lowest BCUT2D eigenvalue weighted by Crippen LogP contribution is -2.20. The molecule has 0 aliphatic heterocycles. The van der Waals surface area contributed by atoms with Gasteiger partial charge in [0.1, 0.15) is 23.1 Å². The van der Waals surface area contributed by atoms with E-state index >= 15 is 0 Å². The molecule has 4 nitrogen and oxygen atoms in total. The summed E-state index contributed by atoms with van der Waals surface area (Å²) in [5, 5.41) is 2.68. The lowest BCUT2D eigenvalue weighted by atomic mass is 9.92. The zero-order valence-electron chi connectivity index (χ0n) is 14.6. The van der Waals surface area contributed by atoms with E-state index in [0.29, 0.717) is 5.65 Å². The molecule has 2 aromatic heterocycles. The largest absolute Gasteiger partial charge is 0.309 e. The standard InChI is InChI=1S/C19H18F3N3O/c1-19(2,3)9-16(26)24-18-17(11-6-13(21)8-14(22)7-11)25-10-12(20)4-5-15(25)23-18/h4-8,10H,9H2,1-3H3,(H,24,26). The van der Waals surface area contributed by atoms with Crippen LogP contribution in [0.15, 0.2) is 36.5 Å². The maximum absolute atomic E-state index is 13.7. The molecule has 0 spiro atoms. The monoisotopic (exact) mass is 361 g/mol. The second kappa shape index (κ2) is 6.48. The molecule has 136 valence electrons. The molecule has 7 heteroatoms. The molecule has 1 N–H and O–H groups in total. The van der Waals surface area contributed by atoms with Crippen molar-refractivity contribution in [2.45, 2.75) is 27.2 Å². The summed E-state index contributed by atoms with van der Waals surface area (Å²) < 4.78 is 42.4. The Kier molecular flexibility index (Phi) is 4.48. The highest BCUT2D eigenvalue weighted by atomic mass is 19.1. The van der Waals surface area contributed by atoms with E-state index in [1.54, 1.807) is 0 Å². The van der Waals surface area contributed by atoms with Crippen LogP contribution < -0.4 is 5.32 Å². The van der Waals surface area contributed by atoms with Crippen molar-refractivity contribution >= 4 is 17.4 Å². The van der Waals surface area contributed by atoms with E-state index < -0.39 is 17.5 Å². The van der Waals surface area contributed by atoms with Crippen LogP contribution >= 0.6 is 0 Å². The first kappa shape index (κ1) is 18.0. The topological polar surface area (TPSA) is 46.4 Å². The third-order valence-electron chi connectivity index (χ3n) is 3.67. The fourth-order valence-electron chi connectivity index (χ4n) is 2.73. The van der Waals surface area contributed by atoms with E-state index in [9.17, 15) is 18.0 Å². The van der Waals surface area contributed by atoms with Gasteiger partial charge in [0.25, 0.3) is 0 Å². The maximum Gasteiger partial charge on any atom is 0.226 e. The number of imidazole rings is 1. The van der Waals surface area contributed by atoms with Crippen LogP contribution in [0.5, 0.6) is 0 Å². The second-order valence-electron chi connectivity index (χ2n) is 7.33. The van der Waals surface area contributed by atoms with Crippen LogP contribution in [0, 0.1) is 22.9 Å². The number of nitrogens with one attached hydrogen (secondary N) is 1. The highest BCUT2D eigenvalue weighted by Gasteiger charge is 2.21. The molecule has 2 heterocycles. The molecule has 0 aliphatic rings. The number of aromatic nitrogens is 2. The lowest BCUT2D eigenvalue weighted by Gasteiger charge is -2.17. The summed E-state index contributed by atoms with van der Waals surface area (Å²) in [6.45, 7) is 5.73. The predicted molar refractivity (Wildman–Crippen MR) is 93.2 cm³/mol. The number of pyridine rings is 1. The summed E-state index contributed by atoms with van der Waals surface area (Å²) in [7, 11) is 0. The number of hydrogen-bond donors (Lipinski definition) is 1. The van der Waals surface area contributed by atoms with Gasteiger partial charge in [-0.1, -0.05) is 20.8 Å². The zero-order valence-corrected chi connectivity index (χ0v) is 14.6. The zero-order chi connectivity index (χ0) is 19.1. The summed E-state index contributed by atoms with van der Waals surface area (Å²) in [5.74, 6) is -2.27. The van der Waals surface area contributed by atoms with Crippen LogP contribution in [0.4, 0.5) is 19.0 Å². The van der Waals surface area contributed by atoms with Gasteiger partial charge in [0.2, 0.25) is 5.91 Å². The Hall–Kier alpha value is -2.83. The highest BCUT2D eigenvalue weighted by Crippen LogP contribution is 2.31. The maximum atomic E-state index is 13.7. The molecule has 3 aromatic rings. The van der Waals surface area contributed by atoms with E-state index in [0.717, 1.165) is 24.4 Å². The molecule has 0 saturated carbocycles. The summed E-state index contributed by atoms with van der Waals surface area (Å²) in [6, 6.07) is 5.60. The SMILES string of the molecule is CC(C)(C)CC(=O)Nc1nc2ccc(F)cn2c1-c1cc(F)cc(F)c1. The number of nitrogens with zero attached hydrogens (tertiary/aromatic N) is 2. The molecule has 0 aliphatic carbocycles. The van der Waals surface area contributed by atoms with Crippen molar-refractivity contribution in [2.75, 3.05) is 5.32 Å². The van der Waals surface area contributed by atoms with E-state index in [1.165, 1.54) is 16.5 Å². The summed E-state index contributed by atoms with van der Waals surface area (Å²) in [6.07, 6.45) is 1.38. The first-order chi connectivity index (χ1) is 12.1. The summed E-state index contributed by atoms with van der Waals surface area (Å²) in [5.41, 5.74) is 0.449.